The summed E-state index contributed by atoms with van der Waals surface area (Å²) in [4.78, 5) is 2.16. The van der Waals surface area contributed by atoms with E-state index in [4.69, 9.17) is 18.9 Å². The van der Waals surface area contributed by atoms with Gasteiger partial charge in [0.2, 0.25) is 0 Å². The van der Waals surface area contributed by atoms with Crippen molar-refractivity contribution in [1.82, 2.24) is 15.0 Å². The van der Waals surface area contributed by atoms with Gasteiger partial charge >= 0.3 is 0 Å². The van der Waals surface area contributed by atoms with E-state index < -0.39 is 10.0 Å². The quantitative estimate of drug-likeness (QED) is 0.382. The zero-order valence-electron chi connectivity index (χ0n) is 17.4. The maximum atomic E-state index is 12.6. The summed E-state index contributed by atoms with van der Waals surface area (Å²) in [6, 6.07) is 9.60. The number of hydrogen-bond donors (Lipinski definition) is 2. The summed E-state index contributed by atoms with van der Waals surface area (Å²) in [5.74, 6) is 1.85. The first-order valence-electron chi connectivity index (χ1n) is 8.96. The van der Waals surface area contributed by atoms with E-state index in [1.807, 2.05) is 6.07 Å². The van der Waals surface area contributed by atoms with Crippen molar-refractivity contribution in [2.75, 3.05) is 28.4 Å². The molecular weight excluding hydrogens is 424 g/mol. The third-order valence-electron chi connectivity index (χ3n) is 4.38. The van der Waals surface area contributed by atoms with Gasteiger partial charge in [-0.3, -0.25) is 5.10 Å². The number of aromatic amines is 1. The van der Waals surface area contributed by atoms with E-state index in [0.29, 0.717) is 34.3 Å². The second-order valence-electron chi connectivity index (χ2n) is 6.14. The smallest absolute Gasteiger partial charge is 0.276 e. The van der Waals surface area contributed by atoms with Crippen molar-refractivity contribution in [1.29, 1.82) is 0 Å². The minimum absolute atomic E-state index is 0.0189. The van der Waals surface area contributed by atoms with Crippen LogP contribution in [0, 0.1) is 0 Å². The lowest BCUT2D eigenvalue weighted by Crippen LogP contribution is -2.18. The number of H-pyrrole nitrogens is 1. The molecule has 1 aromatic heterocycles. The predicted octanol–water partition coefficient (Wildman–Crippen LogP) is 2.42. The van der Waals surface area contributed by atoms with Gasteiger partial charge in [0.1, 0.15) is 0 Å². The van der Waals surface area contributed by atoms with Crippen LogP contribution in [-0.4, -0.2) is 53.3 Å². The number of hydrazone groups is 1. The topological polar surface area (TPSA) is 124 Å². The van der Waals surface area contributed by atoms with E-state index in [9.17, 15) is 8.42 Å². The van der Waals surface area contributed by atoms with E-state index in [1.165, 1.54) is 44.8 Å². The van der Waals surface area contributed by atoms with E-state index >= 15 is 0 Å². The maximum absolute atomic E-state index is 12.6. The van der Waals surface area contributed by atoms with Crippen LogP contribution >= 0.6 is 0 Å². The van der Waals surface area contributed by atoms with Gasteiger partial charge in [-0.05, 0) is 30.3 Å². The molecule has 164 valence electrons. The molecule has 0 radical (unpaired) electrons. The molecule has 11 heteroatoms. The Labute approximate surface area is 179 Å². The van der Waals surface area contributed by atoms with Crippen LogP contribution in [-0.2, 0) is 10.0 Å². The fourth-order valence-corrected chi connectivity index (χ4v) is 3.62. The van der Waals surface area contributed by atoms with Crippen molar-refractivity contribution in [3.63, 3.8) is 0 Å². The highest BCUT2D eigenvalue weighted by Crippen LogP contribution is 2.32. The molecular formula is C20H22N4O6S. The molecule has 2 aromatic carbocycles. The molecule has 0 amide bonds. The van der Waals surface area contributed by atoms with Crippen LogP contribution in [0.1, 0.15) is 5.56 Å². The molecule has 0 saturated heterocycles. The maximum Gasteiger partial charge on any atom is 0.276 e. The molecule has 0 aliphatic carbocycles. The molecule has 0 aliphatic heterocycles. The van der Waals surface area contributed by atoms with Gasteiger partial charge in [-0.15, -0.1) is 0 Å². The number of aromatic nitrogens is 2. The van der Waals surface area contributed by atoms with E-state index in [1.54, 1.807) is 26.4 Å². The predicted molar refractivity (Wildman–Crippen MR) is 115 cm³/mol. The second-order valence-corrected chi connectivity index (χ2v) is 7.80. The Kier molecular flexibility index (Phi) is 6.65. The number of sulfonamides is 1. The monoisotopic (exact) mass is 446 g/mol. The van der Waals surface area contributed by atoms with Gasteiger partial charge in [0, 0.05) is 17.2 Å². The third kappa shape index (κ3) is 4.72. The summed E-state index contributed by atoms with van der Waals surface area (Å²) in [6.45, 7) is 0. The van der Waals surface area contributed by atoms with Crippen LogP contribution in [0.15, 0.2) is 52.6 Å². The highest BCUT2D eigenvalue weighted by Gasteiger charge is 2.16. The highest BCUT2D eigenvalue weighted by molar-refractivity contribution is 7.89. The average molecular weight is 446 g/mol. The average Bonchev–Trinajstić information content (AvgIpc) is 3.26. The molecule has 1 heterocycles. The first-order chi connectivity index (χ1) is 14.9. The van der Waals surface area contributed by atoms with E-state index in [-0.39, 0.29) is 4.90 Å². The Morgan fingerprint density at radius 3 is 2.16 bits per heavy atom. The molecule has 10 nitrogen and oxygen atoms in total. The van der Waals surface area contributed by atoms with Gasteiger partial charge in [0.15, 0.2) is 23.0 Å². The van der Waals surface area contributed by atoms with Crippen LogP contribution in [0.4, 0.5) is 0 Å². The molecule has 31 heavy (non-hydrogen) atoms. The Morgan fingerprint density at radius 1 is 0.903 bits per heavy atom. The summed E-state index contributed by atoms with van der Waals surface area (Å²) in [5, 5.41) is 10.8. The number of rotatable bonds is 9. The summed E-state index contributed by atoms with van der Waals surface area (Å²) >= 11 is 0. The Morgan fingerprint density at radius 2 is 1.52 bits per heavy atom. The van der Waals surface area contributed by atoms with Gasteiger partial charge in [-0.25, -0.2) is 4.83 Å². The lowest BCUT2D eigenvalue weighted by Gasteiger charge is -2.10. The van der Waals surface area contributed by atoms with Crippen molar-refractivity contribution in [3.8, 4) is 34.3 Å². The van der Waals surface area contributed by atoms with Gasteiger partial charge in [-0.2, -0.15) is 18.6 Å². The van der Waals surface area contributed by atoms with Gasteiger partial charge in [0.05, 0.1) is 51.4 Å². The fraction of sp³-hybridized carbons (Fsp3) is 0.200. The third-order valence-corrected chi connectivity index (χ3v) is 5.60. The lowest BCUT2D eigenvalue weighted by molar-refractivity contribution is 0.354. The standard InChI is InChI=1S/C20H22N4O6S/c1-27-16-7-5-13(9-18(16)29-3)20-14(11-21-23-20)12-22-24-31(25,26)15-6-8-17(28-2)19(10-15)30-4/h5-12,24H,1-4H3,(H,21,23)/b22-12+. The van der Waals surface area contributed by atoms with Crippen molar-refractivity contribution < 1.29 is 27.4 Å². The molecule has 0 spiro atoms. The molecule has 0 fully saturated rings. The number of methoxy groups -OCH3 is 4. The van der Waals surface area contributed by atoms with E-state index in [0.717, 1.165) is 5.56 Å². The minimum Gasteiger partial charge on any atom is -0.493 e. The first kappa shape index (κ1) is 22.0. The molecule has 3 aromatic rings. The molecule has 0 aliphatic rings. The van der Waals surface area contributed by atoms with Crippen molar-refractivity contribution in [3.05, 3.63) is 48.2 Å². The van der Waals surface area contributed by atoms with E-state index in [2.05, 4.69) is 20.1 Å². The second kappa shape index (κ2) is 9.39. The van der Waals surface area contributed by atoms with Gasteiger partial charge < -0.3 is 18.9 Å². The van der Waals surface area contributed by atoms with Crippen LogP contribution in [0.5, 0.6) is 23.0 Å². The van der Waals surface area contributed by atoms with Crippen molar-refractivity contribution in [2.24, 2.45) is 5.10 Å². The molecule has 3 rings (SSSR count). The lowest BCUT2D eigenvalue weighted by atomic mass is 10.1. The normalized spacial score (nSPS) is 11.4. The fourth-order valence-electron chi connectivity index (χ4n) is 2.82. The SMILES string of the molecule is COc1ccc(-c2[nH]ncc2/C=N/NS(=O)(=O)c2ccc(OC)c(OC)c2)cc1OC. The molecule has 0 bridgehead atoms. The van der Waals surface area contributed by atoms with Gasteiger partial charge in [-0.1, -0.05) is 0 Å². The number of nitrogens with one attached hydrogen (secondary N) is 2. The molecule has 0 unspecified atom stereocenters. The van der Waals surface area contributed by atoms with Gasteiger partial charge in [0.25, 0.3) is 10.0 Å². The highest BCUT2D eigenvalue weighted by atomic mass is 32.2. The zero-order valence-corrected chi connectivity index (χ0v) is 18.2. The van der Waals surface area contributed by atoms with Crippen LogP contribution < -0.4 is 23.8 Å². The zero-order chi connectivity index (χ0) is 22.4. The minimum atomic E-state index is -3.92. The van der Waals surface area contributed by atoms with Crippen LogP contribution in [0.2, 0.25) is 0 Å². The number of benzene rings is 2. The number of ether oxygens (including phenoxy) is 4. The first-order valence-corrected chi connectivity index (χ1v) is 10.4. The molecule has 2 N–H and O–H groups in total. The Balaban J connectivity index is 1.82. The van der Waals surface area contributed by atoms with Crippen LogP contribution in [0.25, 0.3) is 11.3 Å². The summed E-state index contributed by atoms with van der Waals surface area (Å²) in [7, 11) is 2.07. The number of hydrogen-bond acceptors (Lipinski definition) is 8. The Bertz CT molecular complexity index is 1190. The Hall–Kier alpha value is -3.73. The molecule has 0 saturated carbocycles. The van der Waals surface area contributed by atoms with Crippen LogP contribution in [0.3, 0.4) is 0 Å². The summed E-state index contributed by atoms with van der Waals surface area (Å²) in [5.41, 5.74) is 1.97. The number of nitrogens with zero attached hydrogens (tertiary/aromatic N) is 2. The molecule has 0 atom stereocenters. The van der Waals surface area contributed by atoms with Crippen molar-refractivity contribution in [2.45, 2.75) is 4.90 Å². The van der Waals surface area contributed by atoms with Crippen molar-refractivity contribution >= 4 is 16.2 Å². The summed E-state index contributed by atoms with van der Waals surface area (Å²) in [6.07, 6.45) is 2.88. The largest absolute Gasteiger partial charge is 0.493 e. The summed E-state index contributed by atoms with van der Waals surface area (Å²) < 4.78 is 46.0.